The minimum atomic E-state index is -0.621. The fourth-order valence-corrected chi connectivity index (χ4v) is 1.98. The summed E-state index contributed by atoms with van der Waals surface area (Å²) < 4.78 is 15.6. The summed E-state index contributed by atoms with van der Waals surface area (Å²) in [4.78, 5) is 15.2. The van der Waals surface area contributed by atoms with Crippen LogP contribution < -0.4 is 10.2 Å². The maximum atomic E-state index is 10.9. The first-order chi connectivity index (χ1) is 11.7. The molecule has 0 aliphatic carbocycles. The molecule has 1 aromatic heterocycles. The summed E-state index contributed by atoms with van der Waals surface area (Å²) in [5.74, 6) is 1.19. The predicted molar refractivity (Wildman–Crippen MR) is 87.9 cm³/mol. The molecule has 0 saturated heterocycles. The molecule has 0 unspecified atom stereocenters. The van der Waals surface area contributed by atoms with E-state index >= 15 is 0 Å². The zero-order valence-electron chi connectivity index (χ0n) is 12.9. The zero-order chi connectivity index (χ0) is 16.8. The van der Waals surface area contributed by atoms with Crippen LogP contribution in [0.5, 0.6) is 5.75 Å². The number of hydrogen-bond acceptors (Lipinski definition) is 6. The van der Waals surface area contributed by atoms with E-state index in [2.05, 4.69) is 20.2 Å². The van der Waals surface area contributed by atoms with E-state index in [9.17, 15) is 4.79 Å². The van der Waals surface area contributed by atoms with Crippen LogP contribution in [0.25, 0.3) is 11.1 Å². The molecule has 1 amide bonds. The number of nitrogens with one attached hydrogen (secondary N) is 1. The number of aromatic nitrogens is 1. The molecule has 0 aliphatic heterocycles. The molecule has 24 heavy (non-hydrogen) atoms. The third-order valence-corrected chi connectivity index (χ3v) is 3.14. The Balaban J connectivity index is 1.57. The third kappa shape index (κ3) is 3.89. The Kier molecular flexibility index (Phi) is 4.71. The van der Waals surface area contributed by atoms with Crippen LogP contribution in [0, 0.1) is 0 Å². The largest absolute Gasteiger partial charge is 0.484 e. The number of hydrazone groups is 1. The van der Waals surface area contributed by atoms with E-state index < -0.39 is 6.09 Å². The van der Waals surface area contributed by atoms with Gasteiger partial charge in [-0.05, 0) is 42.0 Å². The van der Waals surface area contributed by atoms with Crippen LogP contribution in [0.2, 0.25) is 0 Å². The van der Waals surface area contributed by atoms with Crippen LogP contribution in [0.4, 0.5) is 4.79 Å². The van der Waals surface area contributed by atoms with Crippen molar-refractivity contribution < 1.29 is 18.7 Å². The first kappa shape index (κ1) is 15.5. The summed E-state index contributed by atoms with van der Waals surface area (Å²) >= 11 is 0. The van der Waals surface area contributed by atoms with Gasteiger partial charge in [0.05, 0.1) is 13.3 Å². The number of amides is 1. The van der Waals surface area contributed by atoms with Crippen molar-refractivity contribution in [1.29, 1.82) is 0 Å². The van der Waals surface area contributed by atoms with Crippen molar-refractivity contribution in [3.63, 3.8) is 0 Å². The van der Waals surface area contributed by atoms with Crippen molar-refractivity contribution in [2.75, 3.05) is 7.11 Å². The van der Waals surface area contributed by atoms with E-state index in [1.807, 2.05) is 36.4 Å². The van der Waals surface area contributed by atoms with Crippen molar-refractivity contribution in [3.05, 3.63) is 60.0 Å². The molecule has 7 nitrogen and oxygen atoms in total. The first-order valence-corrected chi connectivity index (χ1v) is 7.19. The van der Waals surface area contributed by atoms with Crippen molar-refractivity contribution in [3.8, 4) is 5.75 Å². The minimum absolute atomic E-state index is 0.242. The second-order valence-corrected chi connectivity index (χ2v) is 4.79. The SMILES string of the molecule is COC(=O)NN=Cc1ccc(OCc2nc3ccccc3o2)cc1. The van der Waals surface area contributed by atoms with Gasteiger partial charge < -0.3 is 13.9 Å². The van der Waals surface area contributed by atoms with Crippen LogP contribution in [0.15, 0.2) is 58.0 Å². The Hall–Kier alpha value is -3.35. The van der Waals surface area contributed by atoms with Gasteiger partial charge in [-0.25, -0.2) is 15.2 Å². The standard InChI is InChI=1S/C17H15N3O4/c1-22-17(21)20-18-10-12-6-8-13(9-7-12)23-11-16-19-14-4-2-3-5-15(14)24-16/h2-10H,11H2,1H3,(H,20,21). The molecule has 0 radical (unpaired) electrons. The van der Waals surface area contributed by atoms with Crippen molar-refractivity contribution in [2.45, 2.75) is 6.61 Å². The van der Waals surface area contributed by atoms with Crippen LogP contribution >= 0.6 is 0 Å². The quantitative estimate of drug-likeness (QED) is 0.575. The van der Waals surface area contributed by atoms with Gasteiger partial charge in [-0.15, -0.1) is 0 Å². The van der Waals surface area contributed by atoms with Crippen LogP contribution in [0.1, 0.15) is 11.5 Å². The van der Waals surface area contributed by atoms with E-state index in [4.69, 9.17) is 9.15 Å². The first-order valence-electron chi connectivity index (χ1n) is 7.19. The average molecular weight is 325 g/mol. The van der Waals surface area contributed by atoms with Gasteiger partial charge in [0.2, 0.25) is 5.89 Å². The van der Waals surface area contributed by atoms with E-state index in [0.29, 0.717) is 11.6 Å². The molecule has 0 spiro atoms. The second-order valence-electron chi connectivity index (χ2n) is 4.79. The molecule has 1 heterocycles. The van der Waals surface area contributed by atoms with Gasteiger partial charge >= 0.3 is 6.09 Å². The maximum Gasteiger partial charge on any atom is 0.427 e. The van der Waals surface area contributed by atoms with Crippen LogP contribution in [0.3, 0.4) is 0 Å². The molecule has 0 aliphatic rings. The van der Waals surface area contributed by atoms with Gasteiger partial charge in [-0.3, -0.25) is 0 Å². The number of hydrogen-bond donors (Lipinski definition) is 1. The van der Waals surface area contributed by atoms with Gasteiger partial charge in [-0.2, -0.15) is 5.10 Å². The van der Waals surface area contributed by atoms with Gasteiger partial charge in [0, 0.05) is 0 Å². The number of carbonyl (C=O) groups is 1. The fraction of sp³-hybridized carbons (Fsp3) is 0.118. The van der Waals surface area contributed by atoms with E-state index in [1.54, 1.807) is 12.1 Å². The van der Waals surface area contributed by atoms with Gasteiger partial charge in [0.1, 0.15) is 11.3 Å². The monoisotopic (exact) mass is 325 g/mol. The Morgan fingerprint density at radius 2 is 2.04 bits per heavy atom. The molecular weight excluding hydrogens is 310 g/mol. The Bertz CT molecular complexity index is 823. The highest BCUT2D eigenvalue weighted by molar-refractivity contribution is 5.81. The van der Waals surface area contributed by atoms with Crippen molar-refractivity contribution in [2.24, 2.45) is 5.10 Å². The molecular formula is C17H15N3O4. The Labute approximate surface area is 137 Å². The summed E-state index contributed by atoms with van der Waals surface area (Å²) in [5, 5.41) is 3.74. The number of carbonyl (C=O) groups excluding carboxylic acids is 1. The number of ether oxygens (including phenoxy) is 2. The summed E-state index contributed by atoms with van der Waals surface area (Å²) in [6.07, 6.45) is 0.881. The lowest BCUT2D eigenvalue weighted by atomic mass is 10.2. The average Bonchev–Trinajstić information content (AvgIpc) is 3.04. The number of rotatable bonds is 5. The lowest BCUT2D eigenvalue weighted by Crippen LogP contribution is -2.16. The summed E-state index contributed by atoms with van der Waals surface area (Å²) in [7, 11) is 1.27. The molecule has 3 aromatic rings. The van der Waals surface area contributed by atoms with E-state index in [0.717, 1.165) is 16.7 Å². The number of fused-ring (bicyclic) bond motifs is 1. The lowest BCUT2D eigenvalue weighted by Gasteiger charge is -2.03. The van der Waals surface area contributed by atoms with E-state index in [-0.39, 0.29) is 6.61 Å². The van der Waals surface area contributed by atoms with Gasteiger partial charge in [0.15, 0.2) is 12.2 Å². The lowest BCUT2D eigenvalue weighted by molar-refractivity contribution is 0.171. The fourth-order valence-electron chi connectivity index (χ4n) is 1.98. The van der Waals surface area contributed by atoms with Gasteiger partial charge in [-0.1, -0.05) is 12.1 Å². The summed E-state index contributed by atoms with van der Waals surface area (Å²) in [6, 6.07) is 14.8. The minimum Gasteiger partial charge on any atom is -0.484 e. The number of benzene rings is 2. The Morgan fingerprint density at radius 3 is 2.79 bits per heavy atom. The number of para-hydroxylation sites is 2. The smallest absolute Gasteiger partial charge is 0.427 e. The van der Waals surface area contributed by atoms with Gasteiger partial charge in [0.25, 0.3) is 0 Å². The summed E-state index contributed by atoms with van der Waals surface area (Å²) in [5.41, 5.74) is 4.56. The molecule has 7 heteroatoms. The highest BCUT2D eigenvalue weighted by Crippen LogP contribution is 2.17. The normalized spacial score (nSPS) is 10.9. The third-order valence-electron chi connectivity index (χ3n) is 3.14. The van der Waals surface area contributed by atoms with Crippen LogP contribution in [-0.4, -0.2) is 24.4 Å². The topological polar surface area (TPSA) is 86.0 Å². The molecule has 1 N–H and O–H groups in total. The number of nitrogens with zero attached hydrogens (tertiary/aromatic N) is 2. The molecule has 0 saturated carbocycles. The molecule has 2 aromatic carbocycles. The molecule has 0 atom stereocenters. The van der Waals surface area contributed by atoms with E-state index in [1.165, 1.54) is 13.3 Å². The maximum absolute atomic E-state index is 10.9. The highest BCUT2D eigenvalue weighted by atomic mass is 16.5. The van der Waals surface area contributed by atoms with Crippen molar-refractivity contribution in [1.82, 2.24) is 10.4 Å². The molecule has 3 rings (SSSR count). The molecule has 122 valence electrons. The zero-order valence-corrected chi connectivity index (χ0v) is 12.9. The highest BCUT2D eigenvalue weighted by Gasteiger charge is 2.05. The second kappa shape index (κ2) is 7.28. The predicted octanol–water partition coefficient (Wildman–Crippen LogP) is 3.10. The summed E-state index contributed by atoms with van der Waals surface area (Å²) in [6.45, 7) is 0.242. The molecule has 0 fully saturated rings. The van der Waals surface area contributed by atoms with Crippen molar-refractivity contribution >= 4 is 23.4 Å². The molecule has 0 bridgehead atoms. The Morgan fingerprint density at radius 1 is 1.25 bits per heavy atom. The number of methoxy groups -OCH3 is 1. The van der Waals surface area contributed by atoms with Crippen LogP contribution in [-0.2, 0) is 11.3 Å². The number of oxazole rings is 1.